The number of benzene rings is 2. The van der Waals surface area contributed by atoms with Crippen LogP contribution in [-0.2, 0) is 4.79 Å². The van der Waals surface area contributed by atoms with E-state index in [2.05, 4.69) is 15.8 Å². The first-order chi connectivity index (χ1) is 12.3. The number of carbonyl (C=O) groups is 1. The van der Waals surface area contributed by atoms with Gasteiger partial charge in [0.25, 0.3) is 0 Å². The summed E-state index contributed by atoms with van der Waals surface area (Å²) in [5.41, 5.74) is 2.85. The molecule has 10 heteroatoms. The quantitative estimate of drug-likeness (QED) is 0.462. The molecule has 0 fully saturated rings. The van der Waals surface area contributed by atoms with Gasteiger partial charge in [0.05, 0.1) is 16.1 Å². The number of anilines is 2. The van der Waals surface area contributed by atoms with Crippen LogP contribution in [0.5, 0.6) is 0 Å². The van der Waals surface area contributed by atoms with Crippen LogP contribution in [0.4, 0.5) is 22.7 Å². The van der Waals surface area contributed by atoms with Crippen molar-refractivity contribution in [3.63, 3.8) is 0 Å². The van der Waals surface area contributed by atoms with Crippen LogP contribution in [0.3, 0.4) is 0 Å². The number of nitrogens with one attached hydrogen (secondary N) is 2. The highest BCUT2D eigenvalue weighted by Crippen LogP contribution is 2.35. The van der Waals surface area contributed by atoms with E-state index < -0.39 is 21.2 Å². The number of hydrazone groups is 1. The fourth-order valence-electron chi connectivity index (χ4n) is 2.18. The molecule has 0 bridgehead atoms. The van der Waals surface area contributed by atoms with Gasteiger partial charge in [-0.1, -0.05) is 12.1 Å². The summed E-state index contributed by atoms with van der Waals surface area (Å²) in [5, 5.41) is 28.8. The van der Waals surface area contributed by atoms with Gasteiger partial charge in [-0.2, -0.15) is 5.10 Å². The third-order valence-electron chi connectivity index (χ3n) is 3.26. The zero-order valence-corrected chi connectivity index (χ0v) is 13.9. The van der Waals surface area contributed by atoms with E-state index in [9.17, 15) is 25.0 Å². The third kappa shape index (κ3) is 4.60. The number of nitro benzene ring substituents is 2. The average Bonchev–Trinajstić information content (AvgIpc) is 2.56. The van der Waals surface area contributed by atoms with Crippen molar-refractivity contribution in [3.8, 4) is 0 Å². The molecular formula is C16H15N5O5. The zero-order chi connectivity index (χ0) is 19.3. The van der Waals surface area contributed by atoms with Gasteiger partial charge in [0.1, 0.15) is 0 Å². The Morgan fingerprint density at radius 3 is 2.08 bits per heavy atom. The summed E-state index contributed by atoms with van der Waals surface area (Å²) >= 11 is 0. The van der Waals surface area contributed by atoms with E-state index in [1.807, 2.05) is 0 Å². The smallest absolute Gasteiger partial charge is 0.301 e. The second-order valence-corrected chi connectivity index (χ2v) is 5.37. The predicted molar refractivity (Wildman–Crippen MR) is 96.5 cm³/mol. The maximum absolute atomic E-state index is 11.2. The highest BCUT2D eigenvalue weighted by molar-refractivity contribution is 5.89. The molecule has 2 N–H and O–H groups in total. The van der Waals surface area contributed by atoms with Gasteiger partial charge >= 0.3 is 11.4 Å². The number of hydrogen-bond donors (Lipinski definition) is 2. The van der Waals surface area contributed by atoms with Crippen LogP contribution in [0, 0.1) is 27.2 Å². The highest BCUT2D eigenvalue weighted by atomic mass is 16.6. The van der Waals surface area contributed by atoms with Gasteiger partial charge in [-0.05, 0) is 30.2 Å². The molecule has 2 rings (SSSR count). The molecule has 0 aliphatic carbocycles. The molecule has 2 aromatic carbocycles. The number of nitrogens with zero attached hydrogens (tertiary/aromatic N) is 3. The number of nitro groups is 2. The minimum Gasteiger partial charge on any atom is -0.326 e. The van der Waals surface area contributed by atoms with Crippen LogP contribution in [0.15, 0.2) is 41.5 Å². The second-order valence-electron chi connectivity index (χ2n) is 5.37. The van der Waals surface area contributed by atoms with Crippen molar-refractivity contribution in [2.45, 2.75) is 13.8 Å². The van der Waals surface area contributed by atoms with Gasteiger partial charge in [-0.3, -0.25) is 30.4 Å². The molecule has 0 saturated carbocycles. The molecule has 26 heavy (non-hydrogen) atoms. The van der Waals surface area contributed by atoms with Crippen molar-refractivity contribution < 1.29 is 14.6 Å². The van der Waals surface area contributed by atoms with E-state index in [-0.39, 0.29) is 11.6 Å². The summed E-state index contributed by atoms with van der Waals surface area (Å²) in [6, 6.07) is 9.09. The van der Waals surface area contributed by atoms with Gasteiger partial charge in [0, 0.05) is 24.7 Å². The first-order valence-electron chi connectivity index (χ1n) is 7.38. The van der Waals surface area contributed by atoms with Gasteiger partial charge in [0.2, 0.25) is 11.6 Å². The minimum atomic E-state index is -0.708. The summed E-state index contributed by atoms with van der Waals surface area (Å²) < 4.78 is 0. The maximum Gasteiger partial charge on any atom is 0.301 e. The molecular weight excluding hydrogens is 342 g/mol. The van der Waals surface area contributed by atoms with E-state index in [1.54, 1.807) is 24.3 Å². The Labute approximate surface area is 147 Å². The van der Waals surface area contributed by atoms with Crippen LogP contribution in [0.2, 0.25) is 0 Å². The lowest BCUT2D eigenvalue weighted by molar-refractivity contribution is -0.392. The van der Waals surface area contributed by atoms with Crippen molar-refractivity contribution in [1.29, 1.82) is 0 Å². The number of hydrogen-bond acceptors (Lipinski definition) is 7. The Hall–Kier alpha value is -3.82. The predicted octanol–water partition coefficient (Wildman–Crippen LogP) is 3.22. The molecule has 134 valence electrons. The molecule has 0 unspecified atom stereocenters. The molecule has 2 aromatic rings. The number of aryl methyl sites for hydroxylation is 1. The second kappa shape index (κ2) is 7.83. The van der Waals surface area contributed by atoms with E-state index in [4.69, 9.17) is 0 Å². The SMILES string of the molecule is CC(=O)Nc1ccc(/C=N\Nc2c([N+](=O)[O-])cc(C)cc2[N+](=O)[O-])cc1. The first-order valence-corrected chi connectivity index (χ1v) is 7.38. The molecule has 10 nitrogen and oxygen atoms in total. The molecule has 0 aromatic heterocycles. The minimum absolute atomic E-state index is 0.202. The molecule has 0 radical (unpaired) electrons. The lowest BCUT2D eigenvalue weighted by Crippen LogP contribution is -2.05. The highest BCUT2D eigenvalue weighted by Gasteiger charge is 2.25. The van der Waals surface area contributed by atoms with Gasteiger partial charge in [-0.25, -0.2) is 0 Å². The molecule has 0 aliphatic heterocycles. The van der Waals surface area contributed by atoms with Gasteiger partial charge in [-0.15, -0.1) is 0 Å². The number of amides is 1. The average molecular weight is 357 g/mol. The molecule has 0 aliphatic rings. The third-order valence-corrected chi connectivity index (χ3v) is 3.26. The molecule has 0 atom stereocenters. The monoisotopic (exact) mass is 357 g/mol. The Bertz CT molecular complexity index is 857. The van der Waals surface area contributed by atoms with Crippen LogP contribution in [0.1, 0.15) is 18.1 Å². The van der Waals surface area contributed by atoms with E-state index in [0.717, 1.165) is 0 Å². The molecule has 1 amide bonds. The first kappa shape index (κ1) is 18.5. The number of rotatable bonds is 6. The summed E-state index contributed by atoms with van der Waals surface area (Å²) in [6.07, 6.45) is 1.35. The fraction of sp³-hybridized carbons (Fsp3) is 0.125. The van der Waals surface area contributed by atoms with Crippen LogP contribution < -0.4 is 10.7 Å². The van der Waals surface area contributed by atoms with Crippen LogP contribution >= 0.6 is 0 Å². The maximum atomic E-state index is 11.2. The molecule has 0 spiro atoms. The number of carbonyl (C=O) groups excluding carboxylic acids is 1. The summed E-state index contributed by atoms with van der Waals surface area (Å²) in [5.74, 6) is -0.202. The van der Waals surface area contributed by atoms with Gasteiger partial charge in [0.15, 0.2) is 0 Å². The topological polar surface area (TPSA) is 140 Å². The largest absolute Gasteiger partial charge is 0.326 e. The van der Waals surface area contributed by atoms with E-state index in [0.29, 0.717) is 16.8 Å². The van der Waals surface area contributed by atoms with Gasteiger partial charge < -0.3 is 5.32 Å². The lowest BCUT2D eigenvalue weighted by Gasteiger charge is -2.05. The summed E-state index contributed by atoms with van der Waals surface area (Å²) in [7, 11) is 0. The molecule has 0 saturated heterocycles. The van der Waals surface area contributed by atoms with Crippen molar-refractivity contribution in [2.24, 2.45) is 5.10 Å². The standard InChI is InChI=1S/C16H15N5O5/c1-10-7-14(20(23)24)16(15(8-10)21(25)26)19-17-9-12-3-5-13(6-4-12)18-11(2)22/h3-9,19H,1-2H3,(H,18,22)/b17-9-. The van der Waals surface area contributed by atoms with Crippen LogP contribution in [0.25, 0.3) is 0 Å². The zero-order valence-electron chi connectivity index (χ0n) is 13.9. The Morgan fingerprint density at radius 2 is 1.62 bits per heavy atom. The Kier molecular flexibility index (Phi) is 5.58. The normalized spacial score (nSPS) is 10.5. The van der Waals surface area contributed by atoms with Crippen molar-refractivity contribution in [3.05, 3.63) is 67.8 Å². The fourth-order valence-corrected chi connectivity index (χ4v) is 2.18. The van der Waals surface area contributed by atoms with Crippen molar-refractivity contribution in [1.82, 2.24) is 0 Å². The van der Waals surface area contributed by atoms with E-state index >= 15 is 0 Å². The van der Waals surface area contributed by atoms with Crippen molar-refractivity contribution in [2.75, 3.05) is 10.7 Å². The van der Waals surface area contributed by atoms with Crippen LogP contribution in [-0.4, -0.2) is 22.0 Å². The molecule has 0 heterocycles. The summed E-state index contributed by atoms with van der Waals surface area (Å²) in [6.45, 7) is 2.92. The van der Waals surface area contributed by atoms with E-state index in [1.165, 1.54) is 32.2 Å². The lowest BCUT2D eigenvalue weighted by atomic mass is 10.1. The Balaban J connectivity index is 2.25. The van der Waals surface area contributed by atoms with Crippen molar-refractivity contribution >= 4 is 34.9 Å². The summed E-state index contributed by atoms with van der Waals surface area (Å²) in [4.78, 5) is 31.9. The Morgan fingerprint density at radius 1 is 1.08 bits per heavy atom.